The maximum Gasteiger partial charge on any atom is 0.315 e. The van der Waals surface area contributed by atoms with E-state index in [2.05, 4.69) is 24.5 Å². The van der Waals surface area contributed by atoms with Gasteiger partial charge < -0.3 is 10.6 Å². The maximum absolute atomic E-state index is 11.4. The normalized spacial score (nSPS) is 26.0. The predicted octanol–water partition coefficient (Wildman–Crippen LogP) is 2.66. The Hall–Kier alpha value is -0.730. The van der Waals surface area contributed by atoms with Gasteiger partial charge in [-0.15, -0.1) is 0 Å². The first-order chi connectivity index (χ1) is 7.26. The predicted molar refractivity (Wildman–Crippen MR) is 62.9 cm³/mol. The minimum Gasteiger partial charge on any atom is -0.338 e. The fourth-order valence-corrected chi connectivity index (χ4v) is 2.27. The maximum atomic E-state index is 11.4. The molecule has 1 aliphatic carbocycles. The molecule has 1 rings (SSSR count). The molecule has 0 heterocycles. The Bertz CT molecular complexity index is 194. The second-order valence-corrected chi connectivity index (χ2v) is 4.54. The zero-order valence-electron chi connectivity index (χ0n) is 10.0. The van der Waals surface area contributed by atoms with Gasteiger partial charge in [-0.25, -0.2) is 4.79 Å². The van der Waals surface area contributed by atoms with Crippen LogP contribution in [0.2, 0.25) is 0 Å². The van der Waals surface area contributed by atoms with Crippen LogP contribution in [0.25, 0.3) is 0 Å². The van der Waals surface area contributed by atoms with Gasteiger partial charge in [-0.1, -0.05) is 33.1 Å². The molecular weight excluding hydrogens is 188 g/mol. The zero-order chi connectivity index (χ0) is 11.1. The Labute approximate surface area is 93.0 Å². The van der Waals surface area contributed by atoms with Crippen LogP contribution in [0, 0.1) is 5.92 Å². The monoisotopic (exact) mass is 212 g/mol. The molecule has 1 aliphatic rings. The molecule has 3 nitrogen and oxygen atoms in total. The highest BCUT2D eigenvalue weighted by Crippen LogP contribution is 2.26. The minimum absolute atomic E-state index is 0.0126. The van der Waals surface area contributed by atoms with Crippen molar-refractivity contribution < 1.29 is 4.79 Å². The van der Waals surface area contributed by atoms with Crippen molar-refractivity contribution in [2.75, 3.05) is 6.54 Å². The van der Waals surface area contributed by atoms with Crippen LogP contribution in [0.3, 0.4) is 0 Å². The van der Waals surface area contributed by atoms with E-state index in [4.69, 9.17) is 0 Å². The lowest BCUT2D eigenvalue weighted by molar-refractivity contribution is 0.224. The highest BCUT2D eigenvalue weighted by molar-refractivity contribution is 5.74. The van der Waals surface area contributed by atoms with Gasteiger partial charge in [0.15, 0.2) is 0 Å². The molecule has 1 fully saturated rings. The largest absolute Gasteiger partial charge is 0.338 e. The summed E-state index contributed by atoms with van der Waals surface area (Å²) >= 11 is 0. The van der Waals surface area contributed by atoms with Crippen molar-refractivity contribution in [3.63, 3.8) is 0 Å². The topological polar surface area (TPSA) is 41.1 Å². The molecule has 2 amide bonds. The van der Waals surface area contributed by atoms with Crippen molar-refractivity contribution in [2.24, 2.45) is 5.92 Å². The van der Waals surface area contributed by atoms with E-state index < -0.39 is 0 Å². The lowest BCUT2D eigenvalue weighted by Gasteiger charge is -2.29. The molecule has 2 N–H and O–H groups in total. The zero-order valence-corrected chi connectivity index (χ0v) is 10.0. The molecule has 0 saturated heterocycles. The number of carbonyl (C=O) groups excluding carboxylic acids is 1. The summed E-state index contributed by atoms with van der Waals surface area (Å²) in [4.78, 5) is 11.4. The van der Waals surface area contributed by atoms with E-state index in [1.807, 2.05) is 0 Å². The van der Waals surface area contributed by atoms with Crippen LogP contribution in [0.4, 0.5) is 4.79 Å². The minimum atomic E-state index is 0.0126. The molecule has 0 spiro atoms. The lowest BCUT2D eigenvalue weighted by Crippen LogP contribution is -2.44. The summed E-state index contributed by atoms with van der Waals surface area (Å²) in [5.74, 6) is 0.815. The van der Waals surface area contributed by atoms with Crippen LogP contribution in [-0.2, 0) is 0 Å². The van der Waals surface area contributed by atoms with Gasteiger partial charge in [0.05, 0.1) is 0 Å². The second kappa shape index (κ2) is 6.70. The third-order valence-corrected chi connectivity index (χ3v) is 3.23. The van der Waals surface area contributed by atoms with Gasteiger partial charge in [0.1, 0.15) is 0 Å². The quantitative estimate of drug-likeness (QED) is 0.739. The summed E-state index contributed by atoms with van der Waals surface area (Å²) < 4.78 is 0. The van der Waals surface area contributed by atoms with E-state index in [9.17, 15) is 4.79 Å². The summed E-state index contributed by atoms with van der Waals surface area (Å²) in [6, 6.07) is 0.416. The molecule has 2 atom stereocenters. The third-order valence-electron chi connectivity index (χ3n) is 3.23. The Kier molecular flexibility index (Phi) is 5.51. The van der Waals surface area contributed by atoms with Crippen molar-refractivity contribution in [1.82, 2.24) is 10.6 Å². The lowest BCUT2D eigenvalue weighted by atomic mass is 9.84. The second-order valence-electron chi connectivity index (χ2n) is 4.54. The molecule has 88 valence electrons. The first-order valence-electron chi connectivity index (χ1n) is 6.30. The first kappa shape index (κ1) is 12.3. The van der Waals surface area contributed by atoms with Crippen molar-refractivity contribution in [3.8, 4) is 0 Å². The third kappa shape index (κ3) is 4.54. The van der Waals surface area contributed by atoms with Crippen LogP contribution < -0.4 is 10.6 Å². The van der Waals surface area contributed by atoms with E-state index in [1.165, 1.54) is 19.3 Å². The number of hydrogen-bond donors (Lipinski definition) is 2. The van der Waals surface area contributed by atoms with Gasteiger partial charge in [-0.2, -0.15) is 0 Å². The van der Waals surface area contributed by atoms with Gasteiger partial charge in [-0.3, -0.25) is 0 Å². The van der Waals surface area contributed by atoms with Crippen LogP contribution in [0.5, 0.6) is 0 Å². The summed E-state index contributed by atoms with van der Waals surface area (Å²) in [5.41, 5.74) is 0. The molecule has 0 aromatic rings. The standard InChI is InChI=1S/C12H24N2O/c1-3-8-13-12(15)14-11-7-5-6-10(4-2)9-11/h10-11H,3-9H2,1-2H3,(H2,13,14,15). The number of rotatable bonds is 4. The Morgan fingerprint density at radius 2 is 2.13 bits per heavy atom. The van der Waals surface area contributed by atoms with E-state index in [-0.39, 0.29) is 6.03 Å². The number of amides is 2. The van der Waals surface area contributed by atoms with E-state index in [0.29, 0.717) is 6.04 Å². The summed E-state index contributed by atoms with van der Waals surface area (Å²) in [7, 11) is 0. The molecule has 0 bridgehead atoms. The van der Waals surface area contributed by atoms with E-state index in [0.717, 1.165) is 31.7 Å². The molecule has 3 heteroatoms. The highest BCUT2D eigenvalue weighted by Gasteiger charge is 2.21. The Morgan fingerprint density at radius 1 is 1.33 bits per heavy atom. The molecule has 0 aliphatic heterocycles. The van der Waals surface area contributed by atoms with E-state index in [1.54, 1.807) is 0 Å². The molecule has 0 aromatic carbocycles. The fraction of sp³-hybridized carbons (Fsp3) is 0.917. The van der Waals surface area contributed by atoms with Gasteiger partial charge in [0.2, 0.25) is 0 Å². The van der Waals surface area contributed by atoms with E-state index >= 15 is 0 Å². The fourth-order valence-electron chi connectivity index (χ4n) is 2.27. The van der Waals surface area contributed by atoms with Gasteiger partial charge >= 0.3 is 6.03 Å². The molecular formula is C12H24N2O. The van der Waals surface area contributed by atoms with Crippen molar-refractivity contribution >= 4 is 6.03 Å². The highest BCUT2D eigenvalue weighted by atomic mass is 16.2. The van der Waals surface area contributed by atoms with Crippen LogP contribution in [0.15, 0.2) is 0 Å². The average Bonchev–Trinajstić information content (AvgIpc) is 2.26. The van der Waals surface area contributed by atoms with Gasteiger partial charge in [0, 0.05) is 12.6 Å². The SMILES string of the molecule is CCCNC(=O)NC1CCCC(CC)C1. The van der Waals surface area contributed by atoms with Crippen LogP contribution >= 0.6 is 0 Å². The number of hydrogen-bond acceptors (Lipinski definition) is 1. The van der Waals surface area contributed by atoms with Gasteiger partial charge in [0.25, 0.3) is 0 Å². The van der Waals surface area contributed by atoms with Crippen molar-refractivity contribution in [1.29, 1.82) is 0 Å². The summed E-state index contributed by atoms with van der Waals surface area (Å²) in [6.45, 7) is 5.08. The van der Waals surface area contributed by atoms with Gasteiger partial charge in [-0.05, 0) is 25.2 Å². The first-order valence-corrected chi connectivity index (χ1v) is 6.30. The molecule has 15 heavy (non-hydrogen) atoms. The number of carbonyl (C=O) groups is 1. The molecule has 2 unspecified atom stereocenters. The summed E-state index contributed by atoms with van der Waals surface area (Å²) in [6.07, 6.45) is 7.15. The molecule has 0 aromatic heterocycles. The van der Waals surface area contributed by atoms with Crippen LogP contribution in [0.1, 0.15) is 52.4 Å². The average molecular weight is 212 g/mol. The molecule has 1 saturated carbocycles. The molecule has 0 radical (unpaired) electrons. The smallest absolute Gasteiger partial charge is 0.315 e. The Morgan fingerprint density at radius 3 is 2.80 bits per heavy atom. The van der Waals surface area contributed by atoms with Crippen molar-refractivity contribution in [2.45, 2.75) is 58.4 Å². The number of nitrogens with one attached hydrogen (secondary N) is 2. The van der Waals surface area contributed by atoms with Crippen LogP contribution in [-0.4, -0.2) is 18.6 Å². The summed E-state index contributed by atoms with van der Waals surface area (Å²) in [5, 5.41) is 5.93. The number of urea groups is 1. The Balaban J connectivity index is 2.22. The van der Waals surface area contributed by atoms with Crippen molar-refractivity contribution in [3.05, 3.63) is 0 Å².